The molecule has 1 atom stereocenters. The third-order valence-electron chi connectivity index (χ3n) is 5.47. The fourth-order valence-corrected chi connectivity index (χ4v) is 5.29. The third kappa shape index (κ3) is 5.01. The van der Waals surface area contributed by atoms with Crippen LogP contribution in [0, 0.1) is 0 Å². The Balaban J connectivity index is 1.89. The molecule has 0 fully saturated rings. The molecule has 0 radical (unpaired) electrons. The predicted molar refractivity (Wildman–Crippen MR) is 137 cm³/mol. The molecular weight excluding hydrogens is 484 g/mol. The van der Waals surface area contributed by atoms with Crippen LogP contribution in [-0.2, 0) is 9.53 Å². The van der Waals surface area contributed by atoms with E-state index in [1.807, 2.05) is 30.5 Å². The van der Waals surface area contributed by atoms with E-state index in [1.165, 1.54) is 23.5 Å². The Morgan fingerprint density at radius 3 is 2.37 bits per heavy atom. The van der Waals surface area contributed by atoms with Gasteiger partial charge in [-0.05, 0) is 68.5 Å². The number of carboxylic acids is 1. The second kappa shape index (κ2) is 10.1. The molecule has 3 aromatic rings. The molecule has 0 saturated carbocycles. The van der Waals surface area contributed by atoms with Crippen LogP contribution in [0.15, 0.2) is 74.5 Å². The van der Waals surface area contributed by atoms with Gasteiger partial charge in [-0.25, -0.2) is 14.6 Å². The maximum Gasteiger partial charge on any atom is 0.338 e. The van der Waals surface area contributed by atoms with Gasteiger partial charge in [0, 0.05) is 4.90 Å². The lowest BCUT2D eigenvalue weighted by Gasteiger charge is -2.25. The first-order chi connectivity index (χ1) is 16.7. The van der Waals surface area contributed by atoms with Crippen LogP contribution < -0.4 is 14.9 Å². The first kappa shape index (κ1) is 24.7. The zero-order chi connectivity index (χ0) is 25.3. The summed E-state index contributed by atoms with van der Waals surface area (Å²) in [7, 11) is 0. The molecule has 9 heteroatoms. The van der Waals surface area contributed by atoms with Gasteiger partial charge in [0.05, 0.1) is 33.5 Å². The Morgan fingerprint density at radius 2 is 1.80 bits per heavy atom. The van der Waals surface area contributed by atoms with Crippen molar-refractivity contribution >= 4 is 41.1 Å². The molecule has 1 aliphatic rings. The molecule has 0 saturated heterocycles. The van der Waals surface area contributed by atoms with Crippen LogP contribution in [0.1, 0.15) is 48.3 Å². The van der Waals surface area contributed by atoms with Crippen LogP contribution in [0.25, 0.3) is 6.08 Å². The summed E-state index contributed by atoms with van der Waals surface area (Å²) in [5, 5.41) is 9.12. The molecule has 1 aromatic heterocycles. The minimum atomic E-state index is -1.01. The number of carbonyl (C=O) groups is 2. The number of hydrogen-bond donors (Lipinski definition) is 1. The number of thiazole rings is 1. The van der Waals surface area contributed by atoms with Crippen molar-refractivity contribution in [3.63, 3.8) is 0 Å². The molecule has 4 rings (SSSR count). The van der Waals surface area contributed by atoms with Crippen LogP contribution in [0.3, 0.4) is 0 Å². The van der Waals surface area contributed by atoms with E-state index in [0.29, 0.717) is 26.2 Å². The van der Waals surface area contributed by atoms with Gasteiger partial charge in [-0.3, -0.25) is 9.36 Å². The number of allylic oxidation sites excluding steroid dienone is 1. The van der Waals surface area contributed by atoms with Crippen LogP contribution in [0.4, 0.5) is 0 Å². The number of esters is 1. The molecule has 0 aliphatic carbocycles. The monoisotopic (exact) mass is 508 g/mol. The van der Waals surface area contributed by atoms with Crippen LogP contribution in [0.2, 0.25) is 0 Å². The van der Waals surface area contributed by atoms with E-state index in [4.69, 9.17) is 9.84 Å². The number of aromatic nitrogens is 1. The first-order valence-corrected chi connectivity index (χ1v) is 12.9. The van der Waals surface area contributed by atoms with Crippen molar-refractivity contribution in [2.45, 2.75) is 37.8 Å². The maximum atomic E-state index is 13.6. The smallest absolute Gasteiger partial charge is 0.338 e. The van der Waals surface area contributed by atoms with E-state index in [9.17, 15) is 14.4 Å². The zero-order valence-corrected chi connectivity index (χ0v) is 21.3. The van der Waals surface area contributed by atoms with Gasteiger partial charge in [0.2, 0.25) is 0 Å². The van der Waals surface area contributed by atoms with E-state index >= 15 is 0 Å². The highest BCUT2D eigenvalue weighted by Gasteiger charge is 2.33. The van der Waals surface area contributed by atoms with Crippen molar-refractivity contribution in [1.82, 2.24) is 4.57 Å². The summed E-state index contributed by atoms with van der Waals surface area (Å²) in [5.74, 6) is -1.52. The number of fused-ring (bicyclic) bond motifs is 1. The van der Waals surface area contributed by atoms with Gasteiger partial charge in [-0.2, -0.15) is 0 Å². The fraction of sp³-hybridized carbons (Fsp3) is 0.231. The van der Waals surface area contributed by atoms with Crippen molar-refractivity contribution in [2.75, 3.05) is 6.26 Å². The number of benzene rings is 2. The van der Waals surface area contributed by atoms with Crippen molar-refractivity contribution in [2.24, 2.45) is 4.99 Å². The molecule has 1 aliphatic heterocycles. The molecule has 35 heavy (non-hydrogen) atoms. The molecule has 2 aromatic carbocycles. The molecule has 0 spiro atoms. The van der Waals surface area contributed by atoms with Gasteiger partial charge in [-0.15, -0.1) is 11.8 Å². The number of rotatable bonds is 6. The third-order valence-corrected chi connectivity index (χ3v) is 7.20. The number of hydrogen-bond acceptors (Lipinski definition) is 7. The second-order valence-corrected chi connectivity index (χ2v) is 10.1. The van der Waals surface area contributed by atoms with Crippen LogP contribution in [0.5, 0.6) is 0 Å². The maximum absolute atomic E-state index is 13.6. The predicted octanol–water partition coefficient (Wildman–Crippen LogP) is 3.61. The SMILES string of the molecule is CSc1ccc(C2C(C(=O)OC(C)C)=C(C)N=c3s/c(=C/c4ccc(C(=O)O)cc4)c(=O)n32)cc1. The molecule has 1 N–H and O–H groups in total. The highest BCUT2D eigenvalue weighted by molar-refractivity contribution is 7.98. The number of carbonyl (C=O) groups excluding carboxylic acids is 1. The average molecular weight is 509 g/mol. The Bertz CT molecular complexity index is 1500. The summed E-state index contributed by atoms with van der Waals surface area (Å²) in [6.07, 6.45) is 3.37. The Morgan fingerprint density at radius 1 is 1.14 bits per heavy atom. The number of nitrogens with zero attached hydrogens (tertiary/aromatic N) is 2. The van der Waals surface area contributed by atoms with Gasteiger partial charge in [0.1, 0.15) is 0 Å². The second-order valence-electron chi connectivity index (χ2n) is 8.24. The number of thioether (sulfide) groups is 1. The average Bonchev–Trinajstić information content (AvgIpc) is 3.12. The lowest BCUT2D eigenvalue weighted by Crippen LogP contribution is -2.40. The molecule has 180 valence electrons. The molecule has 7 nitrogen and oxygen atoms in total. The largest absolute Gasteiger partial charge is 0.478 e. The highest BCUT2D eigenvalue weighted by Crippen LogP contribution is 2.32. The fourth-order valence-electron chi connectivity index (χ4n) is 3.84. The van der Waals surface area contributed by atoms with Gasteiger partial charge in [0.25, 0.3) is 5.56 Å². The minimum absolute atomic E-state index is 0.168. The number of carboxylic acid groups (broad SMARTS) is 1. The number of ether oxygens (including phenoxy) is 1. The zero-order valence-electron chi connectivity index (χ0n) is 19.6. The molecule has 0 amide bonds. The van der Waals surface area contributed by atoms with Crippen molar-refractivity contribution in [3.05, 3.63) is 96.2 Å². The van der Waals surface area contributed by atoms with Gasteiger partial charge >= 0.3 is 11.9 Å². The van der Waals surface area contributed by atoms with E-state index in [2.05, 4.69) is 4.99 Å². The van der Waals surface area contributed by atoms with Gasteiger partial charge < -0.3 is 9.84 Å². The van der Waals surface area contributed by atoms with E-state index in [0.717, 1.165) is 10.5 Å². The first-order valence-electron chi connectivity index (χ1n) is 10.9. The van der Waals surface area contributed by atoms with E-state index in [-0.39, 0.29) is 17.2 Å². The quantitative estimate of drug-likeness (QED) is 0.404. The summed E-state index contributed by atoms with van der Waals surface area (Å²) < 4.78 is 7.49. The van der Waals surface area contributed by atoms with Crippen LogP contribution in [-0.4, -0.2) is 34.0 Å². The normalized spacial score (nSPS) is 15.7. The Hall–Kier alpha value is -3.43. The van der Waals surface area contributed by atoms with Crippen molar-refractivity contribution < 1.29 is 19.4 Å². The summed E-state index contributed by atoms with van der Waals surface area (Å²) >= 11 is 2.83. The lowest BCUT2D eigenvalue weighted by atomic mass is 9.96. The minimum Gasteiger partial charge on any atom is -0.478 e. The Kier molecular flexibility index (Phi) is 7.09. The van der Waals surface area contributed by atoms with Crippen molar-refractivity contribution in [3.8, 4) is 0 Å². The Labute approximate surface area is 210 Å². The molecular formula is C26H24N2O5S2. The van der Waals surface area contributed by atoms with Crippen molar-refractivity contribution in [1.29, 1.82) is 0 Å². The lowest BCUT2D eigenvalue weighted by molar-refractivity contribution is -0.143. The summed E-state index contributed by atoms with van der Waals surface area (Å²) in [6, 6.07) is 13.4. The molecule has 1 unspecified atom stereocenters. The van der Waals surface area contributed by atoms with Crippen LogP contribution >= 0.6 is 23.1 Å². The van der Waals surface area contributed by atoms with Gasteiger partial charge in [-0.1, -0.05) is 35.6 Å². The number of aromatic carboxylic acids is 1. The standard InChI is InChI=1S/C26H24N2O5S2/c1-14(2)33-25(32)21-15(3)27-26-28(22(21)17-9-11-19(34-4)12-10-17)23(29)20(35-26)13-16-5-7-18(8-6-16)24(30)31/h5-14,22H,1-4H3,(H,30,31)/b20-13+. The van der Waals surface area contributed by atoms with E-state index in [1.54, 1.807) is 55.3 Å². The summed E-state index contributed by atoms with van der Waals surface area (Å²) in [5.41, 5.74) is 2.20. The topological polar surface area (TPSA) is 98.0 Å². The summed E-state index contributed by atoms with van der Waals surface area (Å²) in [4.78, 5) is 44.0. The molecule has 2 heterocycles. The highest BCUT2D eigenvalue weighted by atomic mass is 32.2. The van der Waals surface area contributed by atoms with E-state index < -0.39 is 18.0 Å². The summed E-state index contributed by atoms with van der Waals surface area (Å²) in [6.45, 7) is 5.31. The van der Waals surface area contributed by atoms with Gasteiger partial charge in [0.15, 0.2) is 4.80 Å². The molecule has 0 bridgehead atoms.